The van der Waals surface area contributed by atoms with Crippen LogP contribution >= 0.6 is 34.8 Å². The standard InChI is InChI=1S/C16H16Cl3N/c1-10-8-11(17)6-7-12(10)16(20-2)9-13-14(18)4-3-5-15(13)19/h3-8,16,20H,9H2,1-2H3. The molecule has 0 saturated carbocycles. The predicted octanol–water partition coefficient (Wildman–Crippen LogP) is 5.46. The van der Waals surface area contributed by atoms with Gasteiger partial charge in [-0.3, -0.25) is 0 Å². The maximum Gasteiger partial charge on any atom is 0.0453 e. The molecule has 2 rings (SSSR count). The van der Waals surface area contributed by atoms with Crippen molar-refractivity contribution in [3.63, 3.8) is 0 Å². The van der Waals surface area contributed by atoms with Crippen molar-refractivity contribution in [2.24, 2.45) is 0 Å². The van der Waals surface area contributed by atoms with Crippen LogP contribution in [0, 0.1) is 6.92 Å². The topological polar surface area (TPSA) is 12.0 Å². The van der Waals surface area contributed by atoms with Crippen molar-refractivity contribution >= 4 is 34.8 Å². The summed E-state index contributed by atoms with van der Waals surface area (Å²) in [6.07, 6.45) is 0.734. The lowest BCUT2D eigenvalue weighted by molar-refractivity contribution is 0.589. The highest BCUT2D eigenvalue weighted by Gasteiger charge is 2.16. The molecular weight excluding hydrogens is 313 g/mol. The lowest BCUT2D eigenvalue weighted by Crippen LogP contribution is -2.20. The Labute approximate surface area is 134 Å². The van der Waals surface area contributed by atoms with Gasteiger partial charge in [0.15, 0.2) is 0 Å². The Hall–Kier alpha value is -0.730. The van der Waals surface area contributed by atoms with E-state index in [4.69, 9.17) is 34.8 Å². The first-order chi connectivity index (χ1) is 9.52. The highest BCUT2D eigenvalue weighted by molar-refractivity contribution is 6.36. The summed E-state index contributed by atoms with van der Waals surface area (Å²) in [5.41, 5.74) is 3.32. The van der Waals surface area contributed by atoms with Gasteiger partial charge in [0.1, 0.15) is 0 Å². The Kier molecular flexibility index (Phi) is 5.34. The minimum absolute atomic E-state index is 0.143. The Bertz CT molecular complexity index is 590. The smallest absolute Gasteiger partial charge is 0.0453 e. The number of benzene rings is 2. The molecule has 1 nitrogen and oxygen atoms in total. The zero-order valence-corrected chi connectivity index (χ0v) is 13.7. The number of aryl methyl sites for hydroxylation is 1. The van der Waals surface area contributed by atoms with Crippen LogP contribution in [0.4, 0.5) is 0 Å². The Morgan fingerprint density at radius 2 is 1.70 bits per heavy atom. The van der Waals surface area contributed by atoms with Crippen LogP contribution in [0.25, 0.3) is 0 Å². The quantitative estimate of drug-likeness (QED) is 0.786. The van der Waals surface area contributed by atoms with Crippen LogP contribution in [0.15, 0.2) is 36.4 Å². The molecule has 2 aromatic carbocycles. The van der Waals surface area contributed by atoms with Gasteiger partial charge in [-0.25, -0.2) is 0 Å². The average molecular weight is 329 g/mol. The third-order valence-electron chi connectivity index (χ3n) is 3.43. The van der Waals surface area contributed by atoms with Crippen LogP contribution in [0.3, 0.4) is 0 Å². The molecule has 1 atom stereocenters. The van der Waals surface area contributed by atoms with Crippen molar-refractivity contribution < 1.29 is 0 Å². The summed E-state index contributed by atoms with van der Waals surface area (Å²) in [5.74, 6) is 0. The van der Waals surface area contributed by atoms with E-state index >= 15 is 0 Å². The second-order valence-electron chi connectivity index (χ2n) is 4.75. The first-order valence-corrected chi connectivity index (χ1v) is 7.52. The molecule has 106 valence electrons. The van der Waals surface area contributed by atoms with Gasteiger partial charge >= 0.3 is 0 Å². The summed E-state index contributed by atoms with van der Waals surface area (Å²) in [6, 6.07) is 11.6. The summed E-state index contributed by atoms with van der Waals surface area (Å²) < 4.78 is 0. The number of hydrogen-bond donors (Lipinski definition) is 1. The molecule has 1 unspecified atom stereocenters. The van der Waals surface area contributed by atoms with Crippen LogP contribution < -0.4 is 5.32 Å². The molecule has 20 heavy (non-hydrogen) atoms. The number of rotatable bonds is 4. The fraction of sp³-hybridized carbons (Fsp3) is 0.250. The minimum Gasteiger partial charge on any atom is -0.313 e. The molecule has 1 N–H and O–H groups in total. The maximum absolute atomic E-state index is 6.25. The zero-order valence-electron chi connectivity index (χ0n) is 11.4. The Balaban J connectivity index is 2.34. The van der Waals surface area contributed by atoms with Crippen LogP contribution in [0.1, 0.15) is 22.7 Å². The molecule has 0 aliphatic carbocycles. The van der Waals surface area contributed by atoms with E-state index in [9.17, 15) is 0 Å². The first kappa shape index (κ1) is 15.7. The second kappa shape index (κ2) is 6.82. The van der Waals surface area contributed by atoms with Crippen molar-refractivity contribution in [3.05, 3.63) is 68.2 Å². The van der Waals surface area contributed by atoms with E-state index in [2.05, 4.69) is 12.2 Å². The molecule has 0 bridgehead atoms. The van der Waals surface area contributed by atoms with Gasteiger partial charge in [0, 0.05) is 21.1 Å². The summed E-state index contributed by atoms with van der Waals surface area (Å²) in [7, 11) is 1.93. The lowest BCUT2D eigenvalue weighted by atomic mass is 9.95. The number of nitrogens with one attached hydrogen (secondary N) is 1. The first-order valence-electron chi connectivity index (χ1n) is 6.39. The highest BCUT2D eigenvalue weighted by atomic mass is 35.5. The summed E-state index contributed by atoms with van der Waals surface area (Å²) in [4.78, 5) is 0. The third kappa shape index (κ3) is 3.48. The number of halogens is 3. The van der Waals surface area contributed by atoms with Gasteiger partial charge in [-0.15, -0.1) is 0 Å². The molecule has 0 aromatic heterocycles. The molecule has 0 heterocycles. The Morgan fingerprint density at radius 1 is 1.05 bits per heavy atom. The zero-order chi connectivity index (χ0) is 14.7. The van der Waals surface area contributed by atoms with E-state index in [0.717, 1.165) is 22.6 Å². The lowest BCUT2D eigenvalue weighted by Gasteiger charge is -2.20. The van der Waals surface area contributed by atoms with Gasteiger partial charge in [0.05, 0.1) is 0 Å². The van der Waals surface area contributed by atoms with Crippen LogP contribution in [-0.2, 0) is 6.42 Å². The second-order valence-corrected chi connectivity index (χ2v) is 6.00. The summed E-state index contributed by atoms with van der Waals surface area (Å²) in [6.45, 7) is 2.06. The SMILES string of the molecule is CNC(Cc1c(Cl)cccc1Cl)c1ccc(Cl)cc1C. The van der Waals surface area contributed by atoms with Crippen LogP contribution in [-0.4, -0.2) is 7.05 Å². The Morgan fingerprint density at radius 3 is 2.25 bits per heavy atom. The monoisotopic (exact) mass is 327 g/mol. The number of likely N-dealkylation sites (N-methyl/N-ethyl adjacent to an activating group) is 1. The van der Waals surface area contributed by atoms with E-state index < -0.39 is 0 Å². The van der Waals surface area contributed by atoms with Gasteiger partial charge in [-0.1, -0.05) is 46.9 Å². The minimum atomic E-state index is 0.143. The van der Waals surface area contributed by atoms with Crippen molar-refractivity contribution in [1.29, 1.82) is 0 Å². The van der Waals surface area contributed by atoms with Crippen molar-refractivity contribution in [3.8, 4) is 0 Å². The molecular formula is C16H16Cl3N. The molecule has 0 saturated heterocycles. The van der Waals surface area contributed by atoms with Gasteiger partial charge in [0.25, 0.3) is 0 Å². The van der Waals surface area contributed by atoms with E-state index in [1.165, 1.54) is 5.56 Å². The summed E-state index contributed by atoms with van der Waals surface area (Å²) in [5, 5.41) is 5.47. The van der Waals surface area contributed by atoms with Crippen LogP contribution in [0.5, 0.6) is 0 Å². The average Bonchev–Trinajstić information content (AvgIpc) is 2.40. The van der Waals surface area contributed by atoms with Gasteiger partial charge in [-0.05, 0) is 61.3 Å². The number of hydrogen-bond acceptors (Lipinski definition) is 1. The van der Waals surface area contributed by atoms with Crippen molar-refractivity contribution in [2.45, 2.75) is 19.4 Å². The van der Waals surface area contributed by atoms with Gasteiger partial charge in [0.2, 0.25) is 0 Å². The normalized spacial score (nSPS) is 12.4. The molecule has 0 fully saturated rings. The molecule has 4 heteroatoms. The highest BCUT2D eigenvalue weighted by Crippen LogP contribution is 2.30. The van der Waals surface area contributed by atoms with E-state index in [-0.39, 0.29) is 6.04 Å². The molecule has 0 aliphatic rings. The largest absolute Gasteiger partial charge is 0.313 e. The molecule has 0 spiro atoms. The van der Waals surface area contributed by atoms with E-state index in [1.54, 1.807) is 0 Å². The fourth-order valence-electron chi connectivity index (χ4n) is 2.33. The van der Waals surface area contributed by atoms with Crippen molar-refractivity contribution in [1.82, 2.24) is 5.32 Å². The predicted molar refractivity (Wildman–Crippen MR) is 88.2 cm³/mol. The molecule has 0 aliphatic heterocycles. The third-order valence-corrected chi connectivity index (χ3v) is 4.37. The van der Waals surface area contributed by atoms with Crippen molar-refractivity contribution in [2.75, 3.05) is 7.05 Å². The van der Waals surface area contributed by atoms with Gasteiger partial charge < -0.3 is 5.32 Å². The van der Waals surface area contributed by atoms with E-state index in [0.29, 0.717) is 10.0 Å². The fourth-order valence-corrected chi connectivity index (χ4v) is 3.11. The molecule has 0 radical (unpaired) electrons. The maximum atomic E-state index is 6.25. The van der Waals surface area contributed by atoms with Crippen LogP contribution in [0.2, 0.25) is 15.1 Å². The van der Waals surface area contributed by atoms with Gasteiger partial charge in [-0.2, -0.15) is 0 Å². The summed E-state index contributed by atoms with van der Waals surface area (Å²) >= 11 is 18.5. The molecule has 2 aromatic rings. The molecule has 0 amide bonds. The van der Waals surface area contributed by atoms with E-state index in [1.807, 2.05) is 43.4 Å².